The van der Waals surface area contributed by atoms with Gasteiger partial charge in [-0.2, -0.15) is 0 Å². The van der Waals surface area contributed by atoms with Crippen molar-refractivity contribution in [2.45, 2.75) is 52.0 Å². The van der Waals surface area contributed by atoms with Gasteiger partial charge >= 0.3 is 0 Å². The SMILES string of the molecule is CCNC(c1cc(Br)ccc1F)C1(C)CCCCC1. The fraction of sp³-hybridized carbons (Fsp3) is 0.625. The molecule has 1 saturated carbocycles. The van der Waals surface area contributed by atoms with Gasteiger partial charge in [0.1, 0.15) is 5.82 Å². The monoisotopic (exact) mass is 327 g/mol. The first kappa shape index (κ1) is 15.0. The van der Waals surface area contributed by atoms with Gasteiger partial charge in [0.25, 0.3) is 0 Å². The van der Waals surface area contributed by atoms with Crippen LogP contribution >= 0.6 is 15.9 Å². The van der Waals surface area contributed by atoms with Crippen molar-refractivity contribution in [3.8, 4) is 0 Å². The average molecular weight is 328 g/mol. The number of hydrogen-bond acceptors (Lipinski definition) is 1. The average Bonchev–Trinajstić information content (AvgIpc) is 2.40. The molecule has 19 heavy (non-hydrogen) atoms. The Bertz CT molecular complexity index is 427. The molecule has 0 spiro atoms. The van der Waals surface area contributed by atoms with Gasteiger partial charge in [-0.25, -0.2) is 4.39 Å². The van der Waals surface area contributed by atoms with Crippen molar-refractivity contribution in [3.05, 3.63) is 34.1 Å². The molecule has 1 fully saturated rings. The smallest absolute Gasteiger partial charge is 0.128 e. The molecule has 2 rings (SSSR count). The van der Waals surface area contributed by atoms with Gasteiger partial charge in [-0.1, -0.05) is 49.0 Å². The third kappa shape index (κ3) is 3.38. The van der Waals surface area contributed by atoms with Crippen LogP contribution in [-0.4, -0.2) is 6.54 Å². The van der Waals surface area contributed by atoms with Crippen molar-refractivity contribution >= 4 is 15.9 Å². The zero-order valence-corrected chi connectivity index (χ0v) is 13.4. The minimum atomic E-state index is -0.0963. The summed E-state index contributed by atoms with van der Waals surface area (Å²) in [5.41, 5.74) is 0.969. The summed E-state index contributed by atoms with van der Waals surface area (Å²) in [6.07, 6.45) is 6.19. The summed E-state index contributed by atoms with van der Waals surface area (Å²) in [6, 6.07) is 5.37. The van der Waals surface area contributed by atoms with E-state index in [4.69, 9.17) is 0 Å². The van der Waals surface area contributed by atoms with Crippen LogP contribution in [0.5, 0.6) is 0 Å². The van der Waals surface area contributed by atoms with Crippen LogP contribution in [0.25, 0.3) is 0 Å². The molecule has 0 heterocycles. The lowest BCUT2D eigenvalue weighted by molar-refractivity contribution is 0.143. The van der Waals surface area contributed by atoms with Gasteiger partial charge in [-0.15, -0.1) is 0 Å². The molecule has 0 radical (unpaired) electrons. The van der Waals surface area contributed by atoms with Gasteiger partial charge in [0.05, 0.1) is 0 Å². The fourth-order valence-electron chi connectivity index (χ4n) is 3.32. The van der Waals surface area contributed by atoms with Crippen LogP contribution in [0, 0.1) is 11.2 Å². The highest BCUT2D eigenvalue weighted by Crippen LogP contribution is 2.46. The first-order valence-corrected chi connectivity index (χ1v) is 8.04. The molecule has 1 nitrogen and oxygen atoms in total. The number of halogens is 2. The molecule has 1 aliphatic carbocycles. The first-order valence-electron chi connectivity index (χ1n) is 7.25. The number of benzene rings is 1. The van der Waals surface area contributed by atoms with Gasteiger partial charge < -0.3 is 5.32 Å². The van der Waals surface area contributed by atoms with E-state index in [0.717, 1.165) is 16.6 Å². The Morgan fingerprint density at radius 2 is 2.00 bits per heavy atom. The maximum absolute atomic E-state index is 14.2. The highest BCUT2D eigenvalue weighted by molar-refractivity contribution is 9.10. The summed E-state index contributed by atoms with van der Waals surface area (Å²) >= 11 is 3.46. The Morgan fingerprint density at radius 3 is 2.63 bits per heavy atom. The van der Waals surface area contributed by atoms with Crippen LogP contribution in [0.3, 0.4) is 0 Å². The van der Waals surface area contributed by atoms with Gasteiger partial charge in [0, 0.05) is 16.1 Å². The van der Waals surface area contributed by atoms with E-state index in [1.54, 1.807) is 12.1 Å². The Kier molecular flexibility index (Phi) is 5.02. The minimum absolute atomic E-state index is 0.0963. The highest BCUT2D eigenvalue weighted by atomic mass is 79.9. The summed E-state index contributed by atoms with van der Waals surface area (Å²) in [5, 5.41) is 3.52. The van der Waals surface area contributed by atoms with E-state index in [1.807, 2.05) is 6.07 Å². The molecule has 0 saturated heterocycles. The fourth-order valence-corrected chi connectivity index (χ4v) is 3.70. The van der Waals surface area contributed by atoms with E-state index in [1.165, 1.54) is 32.1 Å². The highest BCUT2D eigenvalue weighted by Gasteiger charge is 2.37. The second-order valence-corrected chi connectivity index (χ2v) is 6.79. The van der Waals surface area contributed by atoms with Crippen LogP contribution in [0.2, 0.25) is 0 Å². The second kappa shape index (κ2) is 6.36. The lowest BCUT2D eigenvalue weighted by Crippen LogP contribution is -2.38. The molecular formula is C16H23BrFN. The molecule has 106 valence electrons. The summed E-state index contributed by atoms with van der Waals surface area (Å²) in [6.45, 7) is 5.26. The molecule has 1 N–H and O–H groups in total. The normalized spacial score (nSPS) is 20.2. The van der Waals surface area contributed by atoms with E-state index < -0.39 is 0 Å². The molecule has 3 heteroatoms. The largest absolute Gasteiger partial charge is 0.310 e. The molecule has 1 aromatic carbocycles. The van der Waals surface area contributed by atoms with E-state index in [-0.39, 0.29) is 17.3 Å². The van der Waals surface area contributed by atoms with Crippen molar-refractivity contribution in [2.75, 3.05) is 6.54 Å². The van der Waals surface area contributed by atoms with Gasteiger partial charge in [0.2, 0.25) is 0 Å². The van der Waals surface area contributed by atoms with Crippen LogP contribution in [0.4, 0.5) is 4.39 Å². The second-order valence-electron chi connectivity index (χ2n) is 5.87. The lowest BCUT2D eigenvalue weighted by atomic mass is 9.68. The minimum Gasteiger partial charge on any atom is -0.310 e. The summed E-state index contributed by atoms with van der Waals surface area (Å²) in [4.78, 5) is 0. The van der Waals surface area contributed by atoms with Crippen molar-refractivity contribution in [1.82, 2.24) is 5.32 Å². The molecule has 0 aromatic heterocycles. The summed E-state index contributed by atoms with van der Waals surface area (Å²) in [7, 11) is 0. The van der Waals surface area contributed by atoms with Crippen LogP contribution in [-0.2, 0) is 0 Å². The van der Waals surface area contributed by atoms with E-state index in [0.29, 0.717) is 0 Å². The standard InChI is InChI=1S/C16H23BrFN/c1-3-19-15(16(2)9-5-4-6-10-16)13-11-12(17)7-8-14(13)18/h7-8,11,15,19H,3-6,9-10H2,1-2H3. The van der Waals surface area contributed by atoms with Gasteiger partial charge in [0.15, 0.2) is 0 Å². The number of nitrogens with one attached hydrogen (secondary N) is 1. The molecule has 1 atom stereocenters. The van der Waals surface area contributed by atoms with Crippen LogP contribution in [0.15, 0.2) is 22.7 Å². The molecular weight excluding hydrogens is 305 g/mol. The van der Waals surface area contributed by atoms with Gasteiger partial charge in [-0.3, -0.25) is 0 Å². The van der Waals surface area contributed by atoms with E-state index >= 15 is 0 Å². The summed E-state index contributed by atoms with van der Waals surface area (Å²) in [5.74, 6) is -0.0963. The zero-order valence-electron chi connectivity index (χ0n) is 11.8. The molecule has 1 unspecified atom stereocenters. The number of rotatable bonds is 4. The Labute approximate surface area is 124 Å². The van der Waals surface area contributed by atoms with Crippen LogP contribution < -0.4 is 5.32 Å². The lowest BCUT2D eigenvalue weighted by Gasteiger charge is -2.41. The third-order valence-electron chi connectivity index (χ3n) is 4.37. The molecule has 0 bridgehead atoms. The summed E-state index contributed by atoms with van der Waals surface area (Å²) < 4.78 is 15.2. The first-order chi connectivity index (χ1) is 9.07. The Morgan fingerprint density at radius 1 is 1.32 bits per heavy atom. The van der Waals surface area contributed by atoms with Gasteiger partial charge in [-0.05, 0) is 43.0 Å². The predicted molar refractivity (Wildman–Crippen MR) is 81.7 cm³/mol. The topological polar surface area (TPSA) is 12.0 Å². The maximum atomic E-state index is 14.2. The predicted octanol–water partition coefficient (Wildman–Crippen LogP) is 5.21. The molecule has 0 amide bonds. The third-order valence-corrected chi connectivity index (χ3v) is 4.86. The molecule has 1 aromatic rings. The van der Waals surface area contributed by atoms with Crippen molar-refractivity contribution in [1.29, 1.82) is 0 Å². The Balaban J connectivity index is 2.35. The van der Waals surface area contributed by atoms with E-state index in [2.05, 4.69) is 35.1 Å². The van der Waals surface area contributed by atoms with Crippen molar-refractivity contribution in [2.24, 2.45) is 5.41 Å². The number of hydrogen-bond donors (Lipinski definition) is 1. The zero-order chi connectivity index (χ0) is 13.9. The van der Waals surface area contributed by atoms with Crippen molar-refractivity contribution < 1.29 is 4.39 Å². The molecule has 0 aliphatic heterocycles. The Hall–Kier alpha value is -0.410. The van der Waals surface area contributed by atoms with Crippen LogP contribution in [0.1, 0.15) is 57.6 Å². The quantitative estimate of drug-likeness (QED) is 0.800. The van der Waals surface area contributed by atoms with E-state index in [9.17, 15) is 4.39 Å². The maximum Gasteiger partial charge on any atom is 0.128 e. The molecule has 1 aliphatic rings. The van der Waals surface area contributed by atoms with Crippen molar-refractivity contribution in [3.63, 3.8) is 0 Å².